The molecule has 102 valence electrons. The first-order valence-electron chi connectivity index (χ1n) is 5.28. The van der Waals surface area contributed by atoms with Crippen molar-refractivity contribution in [1.29, 1.82) is 0 Å². The molecule has 1 heterocycles. The van der Waals surface area contributed by atoms with Crippen LogP contribution in [0.5, 0.6) is 0 Å². The van der Waals surface area contributed by atoms with Crippen LogP contribution in [-0.2, 0) is 18.6 Å². The van der Waals surface area contributed by atoms with Gasteiger partial charge in [-0.1, -0.05) is 23.3 Å². The minimum atomic E-state index is -4.39. The zero-order valence-corrected chi connectivity index (χ0v) is 10.3. The van der Waals surface area contributed by atoms with Crippen LogP contribution >= 0.6 is 11.6 Å². The smallest absolute Gasteiger partial charge is 0.407 e. The van der Waals surface area contributed by atoms with Gasteiger partial charge in [-0.3, -0.25) is 0 Å². The molecule has 1 aromatic carbocycles. The summed E-state index contributed by atoms with van der Waals surface area (Å²) in [5.41, 5.74) is -0.597. The zero-order valence-electron chi connectivity index (χ0n) is 9.54. The van der Waals surface area contributed by atoms with E-state index in [4.69, 9.17) is 16.0 Å². The lowest BCUT2D eigenvalue weighted by molar-refractivity contribution is -0.138. The minimum Gasteiger partial charge on any atom is -0.407 e. The second-order valence-electron chi connectivity index (χ2n) is 3.64. The molecule has 1 N–H and O–H groups in total. The summed E-state index contributed by atoms with van der Waals surface area (Å²) < 4.78 is 43.2. The number of halogens is 4. The average molecular weight is 292 g/mol. The highest BCUT2D eigenvalue weighted by atomic mass is 35.5. The third-order valence-corrected chi connectivity index (χ3v) is 2.56. The normalized spacial score (nSPS) is 11.6. The molecular weight excluding hydrogens is 283 g/mol. The highest BCUT2D eigenvalue weighted by Crippen LogP contribution is 2.32. The standard InChI is InChI=1S/C11H9ClF3N3O/c12-5-9-17-18-10(19-9)16-6-7-3-1-2-4-8(7)11(13,14)15/h1-4H,5-6H2,(H,16,18). The number of nitrogens with zero attached hydrogens (tertiary/aromatic N) is 2. The van der Waals surface area contributed by atoms with Crippen LogP contribution in [0, 0.1) is 0 Å². The lowest BCUT2D eigenvalue weighted by atomic mass is 10.1. The van der Waals surface area contributed by atoms with Gasteiger partial charge in [-0.05, 0) is 11.6 Å². The van der Waals surface area contributed by atoms with Gasteiger partial charge in [0, 0.05) is 6.54 Å². The van der Waals surface area contributed by atoms with Crippen LogP contribution in [0.15, 0.2) is 28.7 Å². The van der Waals surface area contributed by atoms with Gasteiger partial charge in [-0.25, -0.2) is 0 Å². The number of alkyl halides is 4. The van der Waals surface area contributed by atoms with E-state index in [2.05, 4.69) is 15.5 Å². The van der Waals surface area contributed by atoms with Gasteiger partial charge in [0.1, 0.15) is 5.88 Å². The van der Waals surface area contributed by atoms with Gasteiger partial charge in [0.15, 0.2) is 0 Å². The van der Waals surface area contributed by atoms with E-state index in [0.717, 1.165) is 6.07 Å². The molecule has 2 aromatic rings. The molecule has 0 atom stereocenters. The molecule has 0 aliphatic rings. The Balaban J connectivity index is 2.11. The zero-order chi connectivity index (χ0) is 13.9. The predicted octanol–water partition coefficient (Wildman–Crippen LogP) is 3.44. The van der Waals surface area contributed by atoms with Gasteiger partial charge in [0.25, 0.3) is 0 Å². The Bertz CT molecular complexity index is 556. The van der Waals surface area contributed by atoms with Crippen molar-refractivity contribution < 1.29 is 17.6 Å². The van der Waals surface area contributed by atoms with Crippen molar-refractivity contribution in [1.82, 2.24) is 10.2 Å². The van der Waals surface area contributed by atoms with E-state index in [1.165, 1.54) is 18.2 Å². The topological polar surface area (TPSA) is 51.0 Å². The quantitative estimate of drug-likeness (QED) is 0.877. The number of benzene rings is 1. The molecule has 0 aliphatic heterocycles. The van der Waals surface area contributed by atoms with Crippen LogP contribution in [-0.4, -0.2) is 10.2 Å². The molecule has 0 unspecified atom stereocenters. The molecule has 1 aromatic heterocycles. The van der Waals surface area contributed by atoms with Gasteiger partial charge in [-0.15, -0.1) is 16.7 Å². The lowest BCUT2D eigenvalue weighted by Crippen LogP contribution is -2.11. The van der Waals surface area contributed by atoms with E-state index in [1.807, 2.05) is 0 Å². The molecule has 0 spiro atoms. The number of hydrogen-bond donors (Lipinski definition) is 1. The number of nitrogens with one attached hydrogen (secondary N) is 1. The molecular formula is C11H9ClF3N3O. The van der Waals surface area contributed by atoms with Crippen molar-refractivity contribution in [2.45, 2.75) is 18.6 Å². The third kappa shape index (κ3) is 3.37. The maximum atomic E-state index is 12.7. The van der Waals surface area contributed by atoms with Gasteiger partial charge in [-0.2, -0.15) is 13.2 Å². The van der Waals surface area contributed by atoms with Crippen molar-refractivity contribution in [2.75, 3.05) is 5.32 Å². The molecule has 19 heavy (non-hydrogen) atoms. The van der Waals surface area contributed by atoms with E-state index >= 15 is 0 Å². The number of rotatable bonds is 4. The maximum absolute atomic E-state index is 12.7. The van der Waals surface area contributed by atoms with E-state index in [0.29, 0.717) is 0 Å². The fourth-order valence-corrected chi connectivity index (χ4v) is 1.61. The molecule has 0 saturated carbocycles. The van der Waals surface area contributed by atoms with Crippen LogP contribution in [0.2, 0.25) is 0 Å². The summed E-state index contributed by atoms with van der Waals surface area (Å²) in [5, 5.41) is 9.81. The summed E-state index contributed by atoms with van der Waals surface area (Å²) in [5.74, 6) is 0.252. The summed E-state index contributed by atoms with van der Waals surface area (Å²) in [6.07, 6.45) is -4.39. The van der Waals surface area contributed by atoms with Crippen LogP contribution < -0.4 is 5.32 Å². The monoisotopic (exact) mass is 291 g/mol. The summed E-state index contributed by atoms with van der Waals surface area (Å²) in [6, 6.07) is 5.31. The second-order valence-corrected chi connectivity index (χ2v) is 3.91. The first-order valence-corrected chi connectivity index (χ1v) is 5.81. The Hall–Kier alpha value is -1.76. The van der Waals surface area contributed by atoms with Crippen LogP contribution in [0.1, 0.15) is 17.0 Å². The number of anilines is 1. The Morgan fingerprint density at radius 3 is 2.58 bits per heavy atom. The highest BCUT2D eigenvalue weighted by molar-refractivity contribution is 6.16. The molecule has 0 bridgehead atoms. The van der Waals surface area contributed by atoms with Gasteiger partial charge in [0.2, 0.25) is 5.89 Å². The number of hydrogen-bond acceptors (Lipinski definition) is 4. The average Bonchev–Trinajstić information content (AvgIpc) is 2.83. The van der Waals surface area contributed by atoms with E-state index in [9.17, 15) is 13.2 Å². The Labute approximate surface area is 111 Å². The van der Waals surface area contributed by atoms with Gasteiger partial charge < -0.3 is 9.73 Å². The van der Waals surface area contributed by atoms with Crippen molar-refractivity contribution in [3.63, 3.8) is 0 Å². The predicted molar refractivity (Wildman–Crippen MR) is 62.6 cm³/mol. The molecule has 4 nitrogen and oxygen atoms in total. The highest BCUT2D eigenvalue weighted by Gasteiger charge is 2.32. The minimum absolute atomic E-state index is 0.0348. The van der Waals surface area contributed by atoms with E-state index in [1.54, 1.807) is 0 Å². The van der Waals surface area contributed by atoms with Crippen molar-refractivity contribution in [2.24, 2.45) is 0 Å². The molecule has 0 amide bonds. The molecule has 0 aliphatic carbocycles. The van der Waals surface area contributed by atoms with Crippen molar-refractivity contribution in [3.8, 4) is 0 Å². The SMILES string of the molecule is FC(F)(F)c1ccccc1CNc1nnc(CCl)o1. The maximum Gasteiger partial charge on any atom is 0.416 e. The molecule has 0 saturated heterocycles. The molecule has 0 radical (unpaired) electrons. The first-order chi connectivity index (χ1) is 9.00. The fourth-order valence-electron chi connectivity index (χ4n) is 1.50. The Morgan fingerprint density at radius 1 is 1.21 bits per heavy atom. The summed E-state index contributed by atoms with van der Waals surface area (Å²) in [4.78, 5) is 0. The van der Waals surface area contributed by atoms with E-state index in [-0.39, 0.29) is 29.9 Å². The summed E-state index contributed by atoms with van der Waals surface area (Å²) in [7, 11) is 0. The van der Waals surface area contributed by atoms with Gasteiger partial charge >= 0.3 is 12.2 Å². The second kappa shape index (κ2) is 5.48. The Morgan fingerprint density at radius 2 is 1.95 bits per heavy atom. The van der Waals surface area contributed by atoms with Crippen LogP contribution in [0.25, 0.3) is 0 Å². The first kappa shape index (κ1) is 13.7. The summed E-state index contributed by atoms with van der Waals surface area (Å²) >= 11 is 5.47. The van der Waals surface area contributed by atoms with Crippen molar-refractivity contribution >= 4 is 17.6 Å². The van der Waals surface area contributed by atoms with E-state index < -0.39 is 11.7 Å². The lowest BCUT2D eigenvalue weighted by Gasteiger charge is -2.12. The third-order valence-electron chi connectivity index (χ3n) is 2.33. The Kier molecular flexibility index (Phi) is 3.94. The fraction of sp³-hybridized carbons (Fsp3) is 0.273. The largest absolute Gasteiger partial charge is 0.416 e. The van der Waals surface area contributed by atoms with Gasteiger partial charge in [0.05, 0.1) is 5.56 Å². The van der Waals surface area contributed by atoms with Crippen LogP contribution in [0.3, 0.4) is 0 Å². The van der Waals surface area contributed by atoms with Crippen LogP contribution in [0.4, 0.5) is 19.2 Å². The molecule has 8 heteroatoms. The number of aromatic nitrogens is 2. The summed E-state index contributed by atoms with van der Waals surface area (Å²) in [6.45, 7) is -0.0698. The molecule has 2 rings (SSSR count). The van der Waals surface area contributed by atoms with Crippen molar-refractivity contribution in [3.05, 3.63) is 41.3 Å². The molecule has 0 fully saturated rings.